The highest BCUT2D eigenvalue weighted by molar-refractivity contribution is 9.09. The van der Waals surface area contributed by atoms with Crippen LogP contribution < -0.4 is 5.32 Å². The summed E-state index contributed by atoms with van der Waals surface area (Å²) in [6.07, 6.45) is -0.332. The first-order valence-electron chi connectivity index (χ1n) is 7.95. The molecule has 2 N–H and O–H groups in total. The zero-order chi connectivity index (χ0) is 20.4. The largest absolute Gasteiger partial charge is 0.477 e. The van der Waals surface area contributed by atoms with Gasteiger partial charge in [-0.1, -0.05) is 27.7 Å². The van der Waals surface area contributed by atoms with Gasteiger partial charge in [-0.25, -0.2) is 9.48 Å². The molecule has 14 heteroatoms. The fourth-order valence-corrected chi connectivity index (χ4v) is 5.27. The Kier molecular flexibility index (Phi) is 6.40. The van der Waals surface area contributed by atoms with E-state index >= 15 is 0 Å². The number of fused-ring (bicyclic) bond motifs is 1. The quantitative estimate of drug-likeness (QED) is 0.209. The van der Waals surface area contributed by atoms with E-state index in [1.807, 2.05) is 0 Å². The summed E-state index contributed by atoms with van der Waals surface area (Å²) in [5.41, 5.74) is 0.507. The van der Waals surface area contributed by atoms with Crippen LogP contribution in [0.3, 0.4) is 0 Å². The van der Waals surface area contributed by atoms with E-state index in [2.05, 4.69) is 36.8 Å². The van der Waals surface area contributed by atoms with Gasteiger partial charge < -0.3 is 10.4 Å². The minimum absolute atomic E-state index is 0.0529. The SMILES string of the molecule is Cn1nnnc1SCC1=C(C(=O)O)N2C(=O)C(NC(=O)CC(=O)CBr)[C@@H]2SC1. The molecule has 1 saturated heterocycles. The van der Waals surface area contributed by atoms with Crippen molar-refractivity contribution in [3.8, 4) is 0 Å². The lowest BCUT2D eigenvalue weighted by Gasteiger charge is -2.49. The van der Waals surface area contributed by atoms with Crippen LogP contribution in [0.15, 0.2) is 16.4 Å². The number of nitrogens with zero attached hydrogens (tertiary/aromatic N) is 5. The number of carbonyl (C=O) groups is 4. The molecule has 1 fully saturated rings. The standard InChI is InChI=1S/C14H15BrN6O5S2/c1-20-14(17-18-19-20)28-5-6-4-27-12-9(16-8(23)2-7(22)3-15)11(24)21(12)10(6)13(25)26/h9,12H,2-5H2,1H3,(H,16,23)(H,25,26)/t9?,12-/m0/s1. The smallest absolute Gasteiger partial charge is 0.352 e. The number of carbonyl (C=O) groups excluding carboxylic acids is 3. The lowest BCUT2D eigenvalue weighted by atomic mass is 10.0. The molecular formula is C14H15BrN6O5S2. The van der Waals surface area contributed by atoms with Gasteiger partial charge in [0.15, 0.2) is 5.78 Å². The zero-order valence-corrected chi connectivity index (χ0v) is 17.7. The molecule has 11 nitrogen and oxygen atoms in total. The van der Waals surface area contributed by atoms with E-state index in [1.54, 1.807) is 7.05 Å². The Labute approximate surface area is 175 Å². The topological polar surface area (TPSA) is 147 Å². The fraction of sp³-hybridized carbons (Fsp3) is 0.500. The average molecular weight is 491 g/mol. The number of ketones is 1. The summed E-state index contributed by atoms with van der Waals surface area (Å²) in [5.74, 6) is -1.86. The van der Waals surface area contributed by atoms with E-state index in [4.69, 9.17) is 0 Å². The van der Waals surface area contributed by atoms with Crippen molar-refractivity contribution in [1.82, 2.24) is 30.4 Å². The molecule has 28 heavy (non-hydrogen) atoms. The predicted molar refractivity (Wildman–Crippen MR) is 103 cm³/mol. The summed E-state index contributed by atoms with van der Waals surface area (Å²) in [4.78, 5) is 48.7. The summed E-state index contributed by atoms with van der Waals surface area (Å²) in [7, 11) is 1.67. The number of amides is 2. The molecule has 0 bridgehead atoms. The van der Waals surface area contributed by atoms with Crippen molar-refractivity contribution in [2.45, 2.75) is 23.0 Å². The third-order valence-electron chi connectivity index (χ3n) is 4.03. The maximum Gasteiger partial charge on any atom is 0.352 e. The van der Waals surface area contributed by atoms with Gasteiger partial charge in [-0.05, 0) is 16.0 Å². The number of aryl methyl sites for hydroxylation is 1. The van der Waals surface area contributed by atoms with E-state index in [0.717, 1.165) is 0 Å². The number of carboxylic acids is 1. The molecule has 0 spiro atoms. The van der Waals surface area contributed by atoms with Crippen LogP contribution in [0.2, 0.25) is 0 Å². The van der Waals surface area contributed by atoms with Crippen LogP contribution in [0.5, 0.6) is 0 Å². The maximum atomic E-state index is 12.5. The summed E-state index contributed by atoms with van der Waals surface area (Å²) >= 11 is 5.61. The van der Waals surface area contributed by atoms with Crippen molar-refractivity contribution in [2.75, 3.05) is 16.8 Å². The lowest BCUT2D eigenvalue weighted by molar-refractivity contribution is -0.150. The molecule has 2 amide bonds. The Hall–Kier alpha value is -1.93. The number of Topliss-reactive ketones (excluding diaryl/α,β-unsaturated/α-hetero) is 1. The second-order valence-electron chi connectivity index (χ2n) is 5.94. The summed E-state index contributed by atoms with van der Waals surface area (Å²) < 4.78 is 1.47. The first kappa shape index (κ1) is 20.8. The number of aromatic nitrogens is 4. The number of rotatable bonds is 8. The molecule has 1 aromatic rings. The first-order valence-corrected chi connectivity index (χ1v) is 11.1. The lowest BCUT2D eigenvalue weighted by Crippen LogP contribution is -2.70. The van der Waals surface area contributed by atoms with Crippen LogP contribution >= 0.6 is 39.5 Å². The number of β-lactam (4-membered cyclic amide) rings is 1. The predicted octanol–water partition coefficient (Wildman–Crippen LogP) is -0.605. The van der Waals surface area contributed by atoms with E-state index in [9.17, 15) is 24.3 Å². The number of halogens is 1. The fourth-order valence-electron chi connectivity index (χ4n) is 2.74. The van der Waals surface area contributed by atoms with E-state index in [1.165, 1.54) is 33.1 Å². The number of aliphatic carboxylic acids is 1. The Morgan fingerprint density at radius 3 is 2.79 bits per heavy atom. The summed E-state index contributed by atoms with van der Waals surface area (Å²) in [6, 6.07) is -0.841. The zero-order valence-electron chi connectivity index (χ0n) is 14.5. The molecular weight excluding hydrogens is 476 g/mol. The molecule has 2 aliphatic heterocycles. The van der Waals surface area contributed by atoms with E-state index in [-0.39, 0.29) is 23.2 Å². The van der Waals surface area contributed by atoms with Crippen molar-refractivity contribution in [1.29, 1.82) is 0 Å². The highest BCUT2D eigenvalue weighted by Gasteiger charge is 2.54. The van der Waals surface area contributed by atoms with Crippen LogP contribution in [-0.2, 0) is 26.2 Å². The molecule has 3 heterocycles. The second kappa shape index (κ2) is 8.61. The summed E-state index contributed by atoms with van der Waals surface area (Å²) in [5, 5.41) is 23.3. The van der Waals surface area contributed by atoms with Gasteiger partial charge in [0.2, 0.25) is 11.1 Å². The first-order chi connectivity index (χ1) is 13.3. The Morgan fingerprint density at radius 1 is 1.43 bits per heavy atom. The van der Waals surface area contributed by atoms with Crippen LogP contribution in [-0.4, -0.2) is 82.0 Å². The van der Waals surface area contributed by atoms with E-state index in [0.29, 0.717) is 22.2 Å². The molecule has 0 radical (unpaired) electrons. The average Bonchev–Trinajstić information content (AvgIpc) is 3.08. The van der Waals surface area contributed by atoms with Gasteiger partial charge in [0.25, 0.3) is 5.91 Å². The van der Waals surface area contributed by atoms with Crippen molar-refractivity contribution in [3.63, 3.8) is 0 Å². The van der Waals surface area contributed by atoms with Crippen molar-refractivity contribution < 1.29 is 24.3 Å². The normalized spacial score (nSPS) is 21.2. The molecule has 0 aromatic carbocycles. The van der Waals surface area contributed by atoms with Crippen molar-refractivity contribution in [3.05, 3.63) is 11.3 Å². The Morgan fingerprint density at radius 2 is 2.18 bits per heavy atom. The molecule has 2 aliphatic rings. The third kappa shape index (κ3) is 4.07. The van der Waals surface area contributed by atoms with Crippen LogP contribution in [0.25, 0.3) is 0 Å². The minimum Gasteiger partial charge on any atom is -0.477 e. The van der Waals surface area contributed by atoms with Gasteiger partial charge in [-0.3, -0.25) is 19.3 Å². The number of thioether (sulfide) groups is 2. The van der Waals surface area contributed by atoms with Crippen LogP contribution in [0.4, 0.5) is 0 Å². The van der Waals surface area contributed by atoms with Crippen molar-refractivity contribution >= 4 is 63.0 Å². The van der Waals surface area contributed by atoms with Gasteiger partial charge in [0.1, 0.15) is 17.1 Å². The molecule has 1 aromatic heterocycles. The van der Waals surface area contributed by atoms with Crippen LogP contribution in [0, 0.1) is 0 Å². The van der Waals surface area contributed by atoms with Gasteiger partial charge in [0, 0.05) is 18.6 Å². The van der Waals surface area contributed by atoms with Gasteiger partial charge >= 0.3 is 5.97 Å². The Bertz CT molecular complexity index is 874. The molecule has 0 aliphatic carbocycles. The summed E-state index contributed by atoms with van der Waals surface area (Å²) in [6.45, 7) is 0. The number of hydrogen-bond donors (Lipinski definition) is 2. The Balaban J connectivity index is 1.71. The monoisotopic (exact) mass is 490 g/mol. The molecule has 150 valence electrons. The molecule has 0 saturated carbocycles. The number of alkyl halides is 1. The number of tetrazole rings is 1. The van der Waals surface area contributed by atoms with Gasteiger partial charge in [-0.2, -0.15) is 0 Å². The third-order valence-corrected chi connectivity index (χ3v) is 7.09. The van der Waals surface area contributed by atoms with Gasteiger partial charge in [-0.15, -0.1) is 16.9 Å². The van der Waals surface area contributed by atoms with Crippen LogP contribution in [0.1, 0.15) is 6.42 Å². The van der Waals surface area contributed by atoms with E-state index < -0.39 is 29.2 Å². The van der Waals surface area contributed by atoms with Gasteiger partial charge in [0.05, 0.1) is 11.8 Å². The molecule has 3 rings (SSSR count). The molecule has 2 atom stereocenters. The number of carboxylic acid groups (broad SMARTS) is 1. The number of hydrogen-bond acceptors (Lipinski definition) is 9. The number of nitrogens with one attached hydrogen (secondary N) is 1. The minimum atomic E-state index is -1.20. The molecule has 1 unspecified atom stereocenters. The highest BCUT2D eigenvalue weighted by atomic mass is 79.9. The second-order valence-corrected chi connectivity index (χ2v) is 8.54. The highest BCUT2D eigenvalue weighted by Crippen LogP contribution is 2.41. The maximum absolute atomic E-state index is 12.5. The van der Waals surface area contributed by atoms with Crippen molar-refractivity contribution in [2.24, 2.45) is 7.05 Å².